The highest BCUT2D eigenvalue weighted by Crippen LogP contribution is 2.39. The van der Waals surface area contributed by atoms with Crippen molar-refractivity contribution in [2.45, 2.75) is 110 Å². The number of hydrogen-bond donors (Lipinski definition) is 0. The van der Waals surface area contributed by atoms with Crippen LogP contribution in [0.4, 0.5) is 4.39 Å². The molecule has 0 spiro atoms. The lowest BCUT2D eigenvalue weighted by atomic mass is 9.99. The summed E-state index contributed by atoms with van der Waals surface area (Å²) in [6.07, 6.45) is 1.87. The molecule has 1 heterocycles. The van der Waals surface area contributed by atoms with Crippen LogP contribution < -0.4 is 4.74 Å². The average Bonchev–Trinajstić information content (AvgIpc) is 3.07. The second kappa shape index (κ2) is 12.4. The Morgan fingerprint density at radius 1 is 1.17 bits per heavy atom. The van der Waals surface area contributed by atoms with Gasteiger partial charge in [-0.15, -0.1) is 6.58 Å². The Bertz CT molecular complexity index is 875. The van der Waals surface area contributed by atoms with Gasteiger partial charge in [-0.3, -0.25) is 0 Å². The number of ether oxygens (including phenoxy) is 4. The zero-order valence-electron chi connectivity index (χ0n) is 23.9. The first-order valence-corrected chi connectivity index (χ1v) is 15.8. The van der Waals surface area contributed by atoms with Gasteiger partial charge in [-0.25, -0.2) is 4.39 Å². The van der Waals surface area contributed by atoms with E-state index in [9.17, 15) is 0 Å². The summed E-state index contributed by atoms with van der Waals surface area (Å²) in [5.74, 6) is -0.613. The fourth-order valence-electron chi connectivity index (χ4n) is 3.94. The summed E-state index contributed by atoms with van der Waals surface area (Å²) < 4.78 is 46.2. The van der Waals surface area contributed by atoms with E-state index >= 15 is 4.39 Å². The van der Waals surface area contributed by atoms with Crippen LogP contribution in [0.5, 0.6) is 5.75 Å². The van der Waals surface area contributed by atoms with Gasteiger partial charge in [-0.2, -0.15) is 0 Å². The van der Waals surface area contributed by atoms with E-state index in [-0.39, 0.29) is 35.6 Å². The van der Waals surface area contributed by atoms with Gasteiger partial charge in [0, 0.05) is 12.0 Å². The number of methoxy groups -OCH3 is 1. The number of halogens is 1. The van der Waals surface area contributed by atoms with Gasteiger partial charge in [-0.1, -0.05) is 45.9 Å². The van der Waals surface area contributed by atoms with E-state index in [4.69, 9.17) is 23.4 Å². The molecule has 7 heteroatoms. The van der Waals surface area contributed by atoms with Crippen molar-refractivity contribution in [3.8, 4) is 5.75 Å². The highest BCUT2D eigenvalue weighted by molar-refractivity contribution is 6.74. The molecule has 1 saturated heterocycles. The van der Waals surface area contributed by atoms with Crippen LogP contribution >= 0.6 is 0 Å². The Morgan fingerprint density at radius 2 is 1.78 bits per heavy atom. The summed E-state index contributed by atoms with van der Waals surface area (Å²) in [5.41, 5.74) is 0.912. The number of rotatable bonds is 12. The molecule has 0 radical (unpaired) electrons. The molecule has 0 saturated carbocycles. The van der Waals surface area contributed by atoms with Crippen molar-refractivity contribution in [3.63, 3.8) is 0 Å². The van der Waals surface area contributed by atoms with Crippen molar-refractivity contribution < 1.29 is 27.8 Å². The fourth-order valence-corrected chi connectivity index (χ4v) is 5.43. The van der Waals surface area contributed by atoms with E-state index in [2.05, 4.69) is 40.4 Å². The zero-order valence-corrected chi connectivity index (χ0v) is 24.9. The normalized spacial score (nSPS) is 23.2. The van der Waals surface area contributed by atoms with Gasteiger partial charge in [0.25, 0.3) is 0 Å². The lowest BCUT2D eigenvalue weighted by Crippen LogP contribution is -2.44. The monoisotopic (exact) mass is 522 g/mol. The van der Waals surface area contributed by atoms with E-state index in [1.165, 1.54) is 0 Å². The zero-order chi connectivity index (χ0) is 27.3. The highest BCUT2D eigenvalue weighted by atomic mass is 28.4. The fraction of sp³-hybridized carbons (Fsp3) is 0.655. The third-order valence-corrected chi connectivity index (χ3v) is 11.8. The van der Waals surface area contributed by atoms with E-state index in [1.54, 1.807) is 19.3 Å². The lowest BCUT2D eigenvalue weighted by molar-refractivity contribution is -0.158. The van der Waals surface area contributed by atoms with Gasteiger partial charge in [0.05, 0.1) is 19.8 Å². The van der Waals surface area contributed by atoms with E-state index in [0.29, 0.717) is 6.42 Å². The number of hydrogen-bond acceptors (Lipinski definition) is 5. The maximum Gasteiger partial charge on any atom is 0.192 e. The van der Waals surface area contributed by atoms with Crippen molar-refractivity contribution in [2.75, 3.05) is 7.11 Å². The average molecular weight is 523 g/mol. The van der Waals surface area contributed by atoms with E-state index in [1.807, 2.05) is 52.0 Å². The van der Waals surface area contributed by atoms with Gasteiger partial charge in [0.15, 0.2) is 14.1 Å². The van der Waals surface area contributed by atoms with Crippen LogP contribution in [-0.2, 0) is 25.2 Å². The summed E-state index contributed by atoms with van der Waals surface area (Å²) >= 11 is 0. The smallest absolute Gasteiger partial charge is 0.192 e. The second-order valence-electron chi connectivity index (χ2n) is 11.7. The van der Waals surface area contributed by atoms with E-state index < -0.39 is 26.3 Å². The Hall–Kier alpha value is -1.51. The summed E-state index contributed by atoms with van der Waals surface area (Å²) in [6, 6.07) is 7.54. The molecular weight excluding hydrogens is 475 g/mol. The standard InChI is InChI=1S/C29H47FO5Si/c1-12-13-25-27(34-29(7,8)33-25)26(32-19-22-14-16-23(31-9)17-15-22)24(30)18-20(2)21(3)35-36(10,11)28(4,5)6/h12,14-18,20-21,25-27H,1,13,19H2,2-11H3/b24-18+/t20-,21-,25?,26?,27?/m1/s1. The molecule has 0 aromatic heterocycles. The Kier molecular flexibility index (Phi) is 10.5. The molecule has 1 aliphatic heterocycles. The SMILES string of the molecule is C=CCC1OC(C)(C)OC1C(OCc1ccc(OC)cc1)/C(F)=C\[C@@H](C)[C@@H](C)O[Si](C)(C)C(C)(C)C. The van der Waals surface area contributed by atoms with Crippen LogP contribution in [-0.4, -0.2) is 45.6 Å². The van der Waals surface area contributed by atoms with Crippen LogP contribution in [0.2, 0.25) is 18.1 Å². The minimum atomic E-state index is -1.99. The minimum Gasteiger partial charge on any atom is -0.497 e. The molecule has 36 heavy (non-hydrogen) atoms. The summed E-state index contributed by atoms with van der Waals surface area (Å²) in [4.78, 5) is 0. The maximum atomic E-state index is 16.0. The molecule has 1 aliphatic rings. The molecule has 5 nitrogen and oxygen atoms in total. The summed E-state index contributed by atoms with van der Waals surface area (Å²) in [6.45, 7) is 22.8. The first kappa shape index (κ1) is 30.7. The van der Waals surface area contributed by atoms with Crippen LogP contribution in [0.1, 0.15) is 60.5 Å². The van der Waals surface area contributed by atoms with Crippen LogP contribution in [0, 0.1) is 5.92 Å². The quantitative estimate of drug-likeness (QED) is 0.209. The molecule has 5 atom stereocenters. The van der Waals surface area contributed by atoms with E-state index in [0.717, 1.165) is 11.3 Å². The summed E-state index contributed by atoms with van der Waals surface area (Å²) in [7, 11) is -0.369. The largest absolute Gasteiger partial charge is 0.497 e. The van der Waals surface area contributed by atoms with Gasteiger partial charge in [-0.05, 0) is 69.1 Å². The number of benzene rings is 1. The molecule has 1 fully saturated rings. The van der Waals surface area contributed by atoms with Crippen molar-refractivity contribution >= 4 is 8.32 Å². The third-order valence-electron chi connectivity index (χ3n) is 7.23. The van der Waals surface area contributed by atoms with Gasteiger partial charge >= 0.3 is 0 Å². The molecular formula is C29H47FO5Si. The van der Waals surface area contributed by atoms with Crippen molar-refractivity contribution in [2.24, 2.45) is 5.92 Å². The molecule has 2 rings (SSSR count). The van der Waals surface area contributed by atoms with Crippen molar-refractivity contribution in [1.29, 1.82) is 0 Å². The Balaban J connectivity index is 2.29. The predicted molar refractivity (Wildman–Crippen MR) is 146 cm³/mol. The Morgan fingerprint density at radius 3 is 2.31 bits per heavy atom. The first-order valence-electron chi connectivity index (χ1n) is 12.9. The molecule has 1 aromatic carbocycles. The molecule has 1 aromatic rings. The topological polar surface area (TPSA) is 46.2 Å². The molecule has 0 bridgehead atoms. The van der Waals surface area contributed by atoms with Gasteiger partial charge in [0.1, 0.15) is 23.8 Å². The Labute approximate surface area is 219 Å². The minimum absolute atomic E-state index is 0.0752. The second-order valence-corrected chi connectivity index (χ2v) is 16.5. The predicted octanol–water partition coefficient (Wildman–Crippen LogP) is 7.58. The molecule has 204 valence electrons. The maximum absolute atomic E-state index is 16.0. The lowest BCUT2D eigenvalue weighted by Gasteiger charge is -2.39. The molecule has 0 amide bonds. The van der Waals surface area contributed by atoms with Crippen molar-refractivity contribution in [3.05, 3.63) is 54.4 Å². The van der Waals surface area contributed by atoms with Gasteiger partial charge in [0.2, 0.25) is 0 Å². The molecule has 0 aliphatic carbocycles. The van der Waals surface area contributed by atoms with Crippen LogP contribution in [0.25, 0.3) is 0 Å². The third kappa shape index (κ3) is 8.25. The molecule has 0 N–H and O–H groups in total. The molecule has 3 unspecified atom stereocenters. The van der Waals surface area contributed by atoms with Crippen LogP contribution in [0.3, 0.4) is 0 Å². The highest BCUT2D eigenvalue weighted by Gasteiger charge is 2.47. The van der Waals surface area contributed by atoms with Crippen molar-refractivity contribution in [1.82, 2.24) is 0 Å². The summed E-state index contributed by atoms with van der Waals surface area (Å²) in [5, 5.41) is 0.0752. The first-order chi connectivity index (χ1) is 16.6. The van der Waals surface area contributed by atoms with Gasteiger partial charge < -0.3 is 23.4 Å². The van der Waals surface area contributed by atoms with Crippen LogP contribution in [0.15, 0.2) is 48.8 Å².